The van der Waals surface area contributed by atoms with Gasteiger partial charge in [0.05, 0.1) is 7.11 Å². The number of rotatable bonds is 0. The quantitative estimate of drug-likeness (QED) is 0.293. The van der Waals surface area contributed by atoms with Gasteiger partial charge in [-0.25, -0.2) is 5.90 Å². The summed E-state index contributed by atoms with van der Waals surface area (Å²) in [5, 5.41) is 0. The van der Waals surface area contributed by atoms with Crippen LogP contribution in [0.2, 0.25) is 0 Å². The molecule has 0 bridgehead atoms. The standard InChI is InChI=1S/CH5NO.H2O4S/c1-3-2;1-5(2,3)4/h2H2,1H3;(H2,1,2,3,4). The Morgan fingerprint density at radius 1 is 1.50 bits per heavy atom. The molecule has 0 aromatic heterocycles. The van der Waals surface area contributed by atoms with Gasteiger partial charge >= 0.3 is 10.4 Å². The van der Waals surface area contributed by atoms with Gasteiger partial charge in [-0.15, -0.1) is 0 Å². The van der Waals surface area contributed by atoms with Gasteiger partial charge in [0.2, 0.25) is 0 Å². The molecule has 0 aromatic rings. The Morgan fingerprint density at radius 2 is 1.50 bits per heavy atom. The Bertz CT molecular complexity index is 106. The molecule has 0 saturated heterocycles. The van der Waals surface area contributed by atoms with Crippen LogP contribution in [-0.2, 0) is 15.2 Å². The third-order valence-electron chi connectivity index (χ3n) is 0. The zero-order valence-corrected chi connectivity index (χ0v) is 4.92. The Hall–Kier alpha value is -0.210. The molecule has 0 aliphatic carbocycles. The number of hydrogen-bond donors (Lipinski definition) is 3. The van der Waals surface area contributed by atoms with Crippen molar-refractivity contribution in [1.29, 1.82) is 0 Å². The summed E-state index contributed by atoms with van der Waals surface area (Å²) in [4.78, 5) is 3.75. The molecule has 7 heteroatoms. The summed E-state index contributed by atoms with van der Waals surface area (Å²) in [6.07, 6.45) is 0. The van der Waals surface area contributed by atoms with Crippen LogP contribution >= 0.6 is 0 Å². The SMILES string of the molecule is CON.O=S(=O)(O)O. The Morgan fingerprint density at radius 3 is 1.50 bits per heavy atom. The Balaban J connectivity index is 0. The Kier molecular flexibility index (Phi) is 6.61. The van der Waals surface area contributed by atoms with Gasteiger partial charge in [-0.1, -0.05) is 0 Å². The lowest BCUT2D eigenvalue weighted by atomic mass is 11.7. The summed E-state index contributed by atoms with van der Waals surface area (Å²) in [7, 11) is -3.26. The number of hydrogen-bond acceptors (Lipinski definition) is 4. The molecule has 0 atom stereocenters. The first-order valence-corrected chi connectivity index (χ1v) is 2.74. The van der Waals surface area contributed by atoms with Gasteiger partial charge in [-0.3, -0.25) is 9.11 Å². The monoisotopic (exact) mass is 145 g/mol. The maximum atomic E-state index is 8.74. The van der Waals surface area contributed by atoms with Crippen molar-refractivity contribution in [2.24, 2.45) is 5.90 Å². The van der Waals surface area contributed by atoms with E-state index in [0.717, 1.165) is 0 Å². The molecule has 0 fully saturated rings. The van der Waals surface area contributed by atoms with E-state index in [-0.39, 0.29) is 0 Å². The van der Waals surface area contributed by atoms with Crippen molar-refractivity contribution in [2.75, 3.05) is 7.11 Å². The van der Waals surface area contributed by atoms with Crippen molar-refractivity contribution in [3.63, 3.8) is 0 Å². The van der Waals surface area contributed by atoms with Gasteiger partial charge in [-0.2, -0.15) is 8.42 Å². The van der Waals surface area contributed by atoms with Crippen molar-refractivity contribution >= 4 is 10.4 Å². The molecule has 4 N–H and O–H groups in total. The van der Waals surface area contributed by atoms with E-state index in [0.29, 0.717) is 0 Å². The largest absolute Gasteiger partial charge is 0.394 e. The summed E-state index contributed by atoms with van der Waals surface area (Å²) in [5.74, 6) is 4.35. The van der Waals surface area contributed by atoms with E-state index < -0.39 is 10.4 Å². The fourth-order valence-electron chi connectivity index (χ4n) is 0. The summed E-state index contributed by atoms with van der Waals surface area (Å²) in [6.45, 7) is 0. The molecule has 6 nitrogen and oxygen atoms in total. The van der Waals surface area contributed by atoms with E-state index in [4.69, 9.17) is 17.5 Å². The molecule has 0 unspecified atom stereocenters. The maximum Gasteiger partial charge on any atom is 0.394 e. The second-order valence-corrected chi connectivity index (χ2v) is 1.58. The summed E-state index contributed by atoms with van der Waals surface area (Å²) in [6, 6.07) is 0. The van der Waals surface area contributed by atoms with E-state index in [1.54, 1.807) is 0 Å². The van der Waals surface area contributed by atoms with Crippen LogP contribution < -0.4 is 5.90 Å². The highest BCUT2D eigenvalue weighted by Gasteiger charge is 1.84. The van der Waals surface area contributed by atoms with E-state index in [1.807, 2.05) is 0 Å². The highest BCUT2D eigenvalue weighted by Crippen LogP contribution is 1.59. The topological polar surface area (TPSA) is 110 Å². The van der Waals surface area contributed by atoms with Crippen LogP contribution in [0, 0.1) is 0 Å². The Labute approximate surface area is 46.8 Å². The predicted molar refractivity (Wildman–Crippen MR) is 25.4 cm³/mol. The zero-order valence-electron chi connectivity index (χ0n) is 4.10. The lowest BCUT2D eigenvalue weighted by molar-refractivity contribution is 0.206. The molecule has 52 valence electrons. The first kappa shape index (κ1) is 10.7. The molecule has 0 aliphatic heterocycles. The first-order chi connectivity index (χ1) is 3.41. The average Bonchev–Trinajstić information content (AvgIpc) is 1.27. The second kappa shape index (κ2) is 4.94. The normalized spacial score (nSPS) is 9.50. The van der Waals surface area contributed by atoms with E-state index >= 15 is 0 Å². The number of nitrogens with two attached hydrogens (primary N) is 1. The molecule has 0 radical (unpaired) electrons. The summed E-state index contributed by atoms with van der Waals surface area (Å²) >= 11 is 0. The van der Waals surface area contributed by atoms with Gasteiger partial charge < -0.3 is 4.84 Å². The molecule has 8 heavy (non-hydrogen) atoms. The molecule has 0 rings (SSSR count). The van der Waals surface area contributed by atoms with Gasteiger partial charge in [0, 0.05) is 0 Å². The highest BCUT2D eigenvalue weighted by atomic mass is 32.3. The third kappa shape index (κ3) is 3010. The van der Waals surface area contributed by atoms with Crippen molar-refractivity contribution in [1.82, 2.24) is 0 Å². The minimum absolute atomic E-state index is 1.40. The van der Waals surface area contributed by atoms with Crippen molar-refractivity contribution < 1.29 is 22.4 Å². The van der Waals surface area contributed by atoms with Crippen LogP contribution in [0.5, 0.6) is 0 Å². The fraction of sp³-hybridized carbons (Fsp3) is 1.00. The zero-order chi connectivity index (χ0) is 7.21. The third-order valence-corrected chi connectivity index (χ3v) is 0. The molecule has 0 aromatic carbocycles. The lowest BCUT2D eigenvalue weighted by Gasteiger charge is -1.68. The minimum atomic E-state index is -4.67. The van der Waals surface area contributed by atoms with Crippen LogP contribution in [0.3, 0.4) is 0 Å². The van der Waals surface area contributed by atoms with E-state index in [1.165, 1.54) is 7.11 Å². The molecule has 0 spiro atoms. The van der Waals surface area contributed by atoms with Crippen LogP contribution in [0.25, 0.3) is 0 Å². The van der Waals surface area contributed by atoms with Crippen LogP contribution in [0.15, 0.2) is 0 Å². The van der Waals surface area contributed by atoms with E-state index in [9.17, 15) is 0 Å². The molecular formula is CH7NO5S. The van der Waals surface area contributed by atoms with Gasteiger partial charge in [0.25, 0.3) is 0 Å². The minimum Gasteiger partial charge on any atom is -0.308 e. The second-order valence-electron chi connectivity index (χ2n) is 0.684. The first-order valence-electron chi connectivity index (χ1n) is 1.34. The van der Waals surface area contributed by atoms with Crippen molar-refractivity contribution in [3.8, 4) is 0 Å². The fourth-order valence-corrected chi connectivity index (χ4v) is 0. The lowest BCUT2D eigenvalue weighted by Crippen LogP contribution is -1.89. The molecule has 0 saturated carbocycles. The highest BCUT2D eigenvalue weighted by molar-refractivity contribution is 7.79. The predicted octanol–water partition coefficient (Wildman–Crippen LogP) is -1.15. The summed E-state index contributed by atoms with van der Waals surface area (Å²) in [5.41, 5.74) is 0. The van der Waals surface area contributed by atoms with Crippen LogP contribution in [0.1, 0.15) is 0 Å². The van der Waals surface area contributed by atoms with Crippen LogP contribution in [-0.4, -0.2) is 24.6 Å². The van der Waals surface area contributed by atoms with Gasteiger partial charge in [0.15, 0.2) is 0 Å². The molecule has 0 aliphatic rings. The smallest absolute Gasteiger partial charge is 0.308 e. The van der Waals surface area contributed by atoms with Gasteiger partial charge in [-0.05, 0) is 0 Å². The van der Waals surface area contributed by atoms with Crippen molar-refractivity contribution in [2.45, 2.75) is 0 Å². The molecule has 0 heterocycles. The van der Waals surface area contributed by atoms with Crippen molar-refractivity contribution in [3.05, 3.63) is 0 Å². The van der Waals surface area contributed by atoms with E-state index in [2.05, 4.69) is 10.7 Å². The maximum absolute atomic E-state index is 8.74. The summed E-state index contributed by atoms with van der Waals surface area (Å²) < 4.78 is 31.6. The average molecular weight is 145 g/mol. The van der Waals surface area contributed by atoms with Crippen LogP contribution in [0.4, 0.5) is 0 Å². The molecular weight excluding hydrogens is 138 g/mol. The molecule has 0 amide bonds. The van der Waals surface area contributed by atoms with Gasteiger partial charge in [0.1, 0.15) is 0 Å².